The SMILES string of the molecule is CCCCSC(C)C(=O)Nc1cc(Cl)ccc1Cl. The van der Waals surface area contributed by atoms with Crippen LogP contribution in [-0.4, -0.2) is 16.9 Å². The molecular formula is C13H17Cl2NOS. The van der Waals surface area contributed by atoms with Crippen molar-refractivity contribution in [3.63, 3.8) is 0 Å². The number of hydrogen-bond acceptors (Lipinski definition) is 2. The molecule has 100 valence electrons. The van der Waals surface area contributed by atoms with Crippen LogP contribution >= 0.6 is 35.0 Å². The maximum Gasteiger partial charge on any atom is 0.237 e. The molecule has 0 aliphatic heterocycles. The van der Waals surface area contributed by atoms with Gasteiger partial charge in [0.1, 0.15) is 0 Å². The number of thioether (sulfide) groups is 1. The zero-order valence-corrected chi connectivity index (χ0v) is 12.8. The van der Waals surface area contributed by atoms with Gasteiger partial charge in [-0.25, -0.2) is 0 Å². The van der Waals surface area contributed by atoms with E-state index >= 15 is 0 Å². The molecule has 0 spiro atoms. The molecule has 5 heteroatoms. The number of benzene rings is 1. The molecule has 0 fully saturated rings. The molecule has 0 aliphatic rings. The van der Waals surface area contributed by atoms with Crippen LogP contribution in [0.15, 0.2) is 18.2 Å². The van der Waals surface area contributed by atoms with Crippen molar-refractivity contribution in [1.29, 1.82) is 0 Å². The van der Waals surface area contributed by atoms with E-state index < -0.39 is 0 Å². The van der Waals surface area contributed by atoms with Crippen LogP contribution in [-0.2, 0) is 4.79 Å². The second-order valence-electron chi connectivity index (χ2n) is 3.98. The number of unbranched alkanes of at least 4 members (excludes halogenated alkanes) is 1. The van der Waals surface area contributed by atoms with Gasteiger partial charge in [-0.15, -0.1) is 11.8 Å². The highest BCUT2D eigenvalue weighted by molar-refractivity contribution is 8.00. The molecule has 1 rings (SSSR count). The van der Waals surface area contributed by atoms with E-state index in [0.29, 0.717) is 15.7 Å². The molecule has 1 atom stereocenters. The Morgan fingerprint density at radius 3 is 2.83 bits per heavy atom. The van der Waals surface area contributed by atoms with E-state index in [9.17, 15) is 4.79 Å². The van der Waals surface area contributed by atoms with E-state index in [1.54, 1.807) is 30.0 Å². The zero-order chi connectivity index (χ0) is 13.5. The van der Waals surface area contributed by atoms with Crippen molar-refractivity contribution in [2.24, 2.45) is 0 Å². The van der Waals surface area contributed by atoms with Crippen LogP contribution in [0.1, 0.15) is 26.7 Å². The second-order valence-corrected chi connectivity index (χ2v) is 6.27. The van der Waals surface area contributed by atoms with Gasteiger partial charge in [-0.1, -0.05) is 36.5 Å². The van der Waals surface area contributed by atoms with Gasteiger partial charge in [-0.2, -0.15) is 0 Å². The summed E-state index contributed by atoms with van der Waals surface area (Å²) >= 11 is 13.5. The summed E-state index contributed by atoms with van der Waals surface area (Å²) in [5, 5.41) is 3.77. The third kappa shape index (κ3) is 5.09. The molecule has 18 heavy (non-hydrogen) atoms. The Morgan fingerprint density at radius 2 is 2.17 bits per heavy atom. The minimum atomic E-state index is -0.0911. The lowest BCUT2D eigenvalue weighted by atomic mass is 10.3. The van der Waals surface area contributed by atoms with Crippen LogP contribution in [0, 0.1) is 0 Å². The Labute approximate surface area is 122 Å². The summed E-state index contributed by atoms with van der Waals surface area (Å²) in [6.07, 6.45) is 2.27. The van der Waals surface area contributed by atoms with E-state index in [4.69, 9.17) is 23.2 Å². The predicted octanol–water partition coefficient (Wildman–Crippen LogP) is 4.85. The normalized spacial score (nSPS) is 12.2. The summed E-state index contributed by atoms with van der Waals surface area (Å²) in [5.74, 6) is 0.953. The first-order valence-electron chi connectivity index (χ1n) is 5.92. The summed E-state index contributed by atoms with van der Waals surface area (Å²) in [4.78, 5) is 11.9. The maximum absolute atomic E-state index is 11.9. The first-order valence-corrected chi connectivity index (χ1v) is 7.72. The Balaban J connectivity index is 2.55. The van der Waals surface area contributed by atoms with Gasteiger partial charge < -0.3 is 5.32 Å². The Kier molecular flexibility index (Phi) is 6.90. The zero-order valence-electron chi connectivity index (χ0n) is 10.5. The molecule has 1 amide bonds. The second kappa shape index (κ2) is 7.93. The van der Waals surface area contributed by atoms with Crippen LogP contribution < -0.4 is 5.32 Å². The van der Waals surface area contributed by atoms with Crippen LogP contribution in [0.2, 0.25) is 10.0 Å². The average molecular weight is 306 g/mol. The van der Waals surface area contributed by atoms with E-state index in [2.05, 4.69) is 12.2 Å². The summed E-state index contributed by atoms with van der Waals surface area (Å²) in [5.41, 5.74) is 0.567. The third-order valence-corrected chi connectivity index (χ3v) is 4.22. The van der Waals surface area contributed by atoms with Crippen molar-refractivity contribution in [1.82, 2.24) is 0 Å². The average Bonchev–Trinajstić information content (AvgIpc) is 2.34. The highest BCUT2D eigenvalue weighted by Crippen LogP contribution is 2.26. The lowest BCUT2D eigenvalue weighted by molar-refractivity contribution is -0.115. The predicted molar refractivity (Wildman–Crippen MR) is 81.9 cm³/mol. The molecule has 0 saturated carbocycles. The van der Waals surface area contributed by atoms with E-state index in [1.165, 1.54) is 0 Å². The van der Waals surface area contributed by atoms with Crippen molar-refractivity contribution in [3.8, 4) is 0 Å². The lowest BCUT2D eigenvalue weighted by Crippen LogP contribution is -2.23. The van der Waals surface area contributed by atoms with Crippen molar-refractivity contribution in [2.45, 2.75) is 31.9 Å². The molecule has 0 aromatic heterocycles. The van der Waals surface area contributed by atoms with Gasteiger partial charge in [-0.3, -0.25) is 4.79 Å². The number of halogens is 2. The molecule has 2 nitrogen and oxygen atoms in total. The van der Waals surface area contributed by atoms with Gasteiger partial charge in [-0.05, 0) is 37.3 Å². The number of nitrogens with one attached hydrogen (secondary N) is 1. The molecule has 1 N–H and O–H groups in total. The molecule has 0 bridgehead atoms. The number of rotatable bonds is 6. The van der Waals surface area contributed by atoms with Gasteiger partial charge in [0, 0.05) is 5.02 Å². The largest absolute Gasteiger partial charge is 0.324 e. The van der Waals surface area contributed by atoms with Crippen LogP contribution in [0.4, 0.5) is 5.69 Å². The van der Waals surface area contributed by atoms with Crippen LogP contribution in [0.5, 0.6) is 0 Å². The number of carbonyl (C=O) groups excluding carboxylic acids is 1. The highest BCUT2D eigenvalue weighted by atomic mass is 35.5. The summed E-state index contributed by atoms with van der Waals surface area (Å²) < 4.78 is 0. The summed E-state index contributed by atoms with van der Waals surface area (Å²) in [6, 6.07) is 5.03. The van der Waals surface area contributed by atoms with Crippen molar-refractivity contribution in [3.05, 3.63) is 28.2 Å². The van der Waals surface area contributed by atoms with Crippen LogP contribution in [0.25, 0.3) is 0 Å². The fourth-order valence-corrected chi connectivity index (χ4v) is 2.66. The standard InChI is InChI=1S/C13H17Cl2NOS/c1-3-4-7-18-9(2)13(17)16-12-8-10(14)5-6-11(12)15/h5-6,8-9H,3-4,7H2,1-2H3,(H,16,17). The molecule has 0 radical (unpaired) electrons. The van der Waals surface area contributed by atoms with E-state index in [0.717, 1.165) is 18.6 Å². The van der Waals surface area contributed by atoms with Gasteiger partial charge in [0.2, 0.25) is 5.91 Å². The van der Waals surface area contributed by atoms with E-state index in [1.807, 2.05) is 6.92 Å². The Morgan fingerprint density at radius 1 is 1.44 bits per heavy atom. The van der Waals surface area contributed by atoms with Gasteiger partial charge in [0.15, 0.2) is 0 Å². The molecule has 1 unspecified atom stereocenters. The third-order valence-electron chi connectivity index (χ3n) is 2.42. The molecule has 0 aliphatic carbocycles. The number of hydrogen-bond donors (Lipinski definition) is 1. The number of carbonyl (C=O) groups is 1. The molecule has 0 saturated heterocycles. The topological polar surface area (TPSA) is 29.1 Å². The number of amides is 1. The Bertz CT molecular complexity index is 412. The van der Waals surface area contributed by atoms with E-state index in [-0.39, 0.29) is 11.2 Å². The maximum atomic E-state index is 11.9. The first kappa shape index (κ1) is 15.7. The van der Waals surface area contributed by atoms with Crippen LogP contribution in [0.3, 0.4) is 0 Å². The smallest absolute Gasteiger partial charge is 0.237 e. The van der Waals surface area contributed by atoms with Gasteiger partial charge in [0.05, 0.1) is 16.0 Å². The fourth-order valence-electron chi connectivity index (χ4n) is 1.31. The van der Waals surface area contributed by atoms with Gasteiger partial charge >= 0.3 is 0 Å². The minimum absolute atomic E-state index is 0.0414. The Hall–Kier alpha value is -0.380. The summed E-state index contributed by atoms with van der Waals surface area (Å²) in [6.45, 7) is 4.03. The first-order chi connectivity index (χ1) is 8.54. The van der Waals surface area contributed by atoms with Crippen molar-refractivity contribution >= 4 is 46.6 Å². The van der Waals surface area contributed by atoms with Gasteiger partial charge in [0.25, 0.3) is 0 Å². The fraction of sp³-hybridized carbons (Fsp3) is 0.462. The van der Waals surface area contributed by atoms with Crippen molar-refractivity contribution < 1.29 is 4.79 Å². The molecule has 1 aromatic carbocycles. The lowest BCUT2D eigenvalue weighted by Gasteiger charge is -2.13. The minimum Gasteiger partial charge on any atom is -0.324 e. The summed E-state index contributed by atoms with van der Waals surface area (Å²) in [7, 11) is 0. The quantitative estimate of drug-likeness (QED) is 0.761. The molecule has 1 aromatic rings. The number of anilines is 1. The molecular weight excluding hydrogens is 289 g/mol. The van der Waals surface area contributed by atoms with Crippen molar-refractivity contribution in [2.75, 3.05) is 11.1 Å². The molecule has 0 heterocycles. The highest BCUT2D eigenvalue weighted by Gasteiger charge is 2.14. The monoisotopic (exact) mass is 305 g/mol.